The van der Waals surface area contributed by atoms with Crippen LogP contribution in [0, 0.1) is 18.6 Å². The molecule has 1 aromatic heterocycles. The van der Waals surface area contributed by atoms with Crippen LogP contribution in [0.25, 0.3) is 5.69 Å². The summed E-state index contributed by atoms with van der Waals surface area (Å²) in [5, 5.41) is 0. The largest absolute Gasteiger partial charge is 0.281 e. The van der Waals surface area contributed by atoms with E-state index in [1.54, 1.807) is 25.1 Å². The standard InChI is InChI=1S/C27H20F2N2O2/c1-17-15-24-26(27(33)30(17)21-11-7-19(28)8-12-21)23(18-5-3-2-4-6-18)16-25(32)31(24)22-13-9-20(29)10-14-22/h2-15,23H,16H2,1H3. The van der Waals surface area contributed by atoms with Crippen molar-refractivity contribution in [1.82, 2.24) is 4.57 Å². The molecule has 4 nitrogen and oxygen atoms in total. The second-order valence-corrected chi connectivity index (χ2v) is 8.07. The number of hydrogen-bond donors (Lipinski definition) is 0. The number of anilines is 2. The van der Waals surface area contributed by atoms with Crippen LogP contribution in [0.5, 0.6) is 0 Å². The highest BCUT2D eigenvalue weighted by Gasteiger charge is 2.36. The highest BCUT2D eigenvalue weighted by atomic mass is 19.1. The van der Waals surface area contributed by atoms with Crippen LogP contribution in [0.4, 0.5) is 20.2 Å². The van der Waals surface area contributed by atoms with Crippen LogP contribution in [0.2, 0.25) is 0 Å². The van der Waals surface area contributed by atoms with E-state index in [1.807, 2.05) is 30.3 Å². The molecule has 0 fully saturated rings. The molecule has 1 aliphatic rings. The van der Waals surface area contributed by atoms with Crippen molar-refractivity contribution in [1.29, 1.82) is 0 Å². The summed E-state index contributed by atoms with van der Waals surface area (Å²) in [7, 11) is 0. The van der Waals surface area contributed by atoms with Gasteiger partial charge in [-0.2, -0.15) is 0 Å². The molecule has 0 radical (unpaired) electrons. The van der Waals surface area contributed by atoms with Crippen LogP contribution < -0.4 is 10.5 Å². The molecule has 1 atom stereocenters. The lowest BCUT2D eigenvalue weighted by atomic mass is 9.84. The van der Waals surface area contributed by atoms with Gasteiger partial charge in [0.25, 0.3) is 5.56 Å². The molecule has 2 heterocycles. The Hall–Kier alpha value is -4.06. The molecule has 5 rings (SSSR count). The van der Waals surface area contributed by atoms with E-state index >= 15 is 0 Å². The molecule has 0 N–H and O–H groups in total. The first-order valence-corrected chi connectivity index (χ1v) is 10.6. The summed E-state index contributed by atoms with van der Waals surface area (Å²) in [6.45, 7) is 1.77. The minimum atomic E-state index is -0.440. The lowest BCUT2D eigenvalue weighted by Gasteiger charge is -2.35. The van der Waals surface area contributed by atoms with Crippen molar-refractivity contribution >= 4 is 17.3 Å². The number of benzene rings is 3. The number of carbonyl (C=O) groups excluding carboxylic acids is 1. The average molecular weight is 442 g/mol. The van der Waals surface area contributed by atoms with E-state index in [9.17, 15) is 18.4 Å². The number of fused-ring (bicyclic) bond motifs is 1. The number of aryl methyl sites for hydroxylation is 1. The highest BCUT2D eigenvalue weighted by molar-refractivity contribution is 6.04. The molecule has 1 amide bonds. The molecule has 4 aromatic rings. The summed E-state index contributed by atoms with van der Waals surface area (Å²) in [5.74, 6) is -1.42. The van der Waals surface area contributed by atoms with Crippen molar-refractivity contribution < 1.29 is 13.6 Å². The Morgan fingerprint density at radius 3 is 1.97 bits per heavy atom. The Labute approximate surface area is 189 Å². The number of pyridine rings is 1. The Balaban J connectivity index is 1.78. The fraction of sp³-hybridized carbons (Fsp3) is 0.111. The predicted molar refractivity (Wildman–Crippen MR) is 123 cm³/mol. The van der Waals surface area contributed by atoms with E-state index in [0.29, 0.717) is 28.3 Å². The second-order valence-electron chi connectivity index (χ2n) is 8.07. The zero-order chi connectivity index (χ0) is 23.1. The molecule has 0 spiro atoms. The summed E-state index contributed by atoms with van der Waals surface area (Å²) in [6.07, 6.45) is 0.0934. The van der Waals surface area contributed by atoms with Crippen molar-refractivity contribution in [3.63, 3.8) is 0 Å². The predicted octanol–water partition coefficient (Wildman–Crippen LogP) is 5.62. The molecule has 3 aromatic carbocycles. The SMILES string of the molecule is Cc1cc2c(c(=O)n1-c1ccc(F)cc1)C(c1ccccc1)CC(=O)N2c1ccc(F)cc1. The maximum Gasteiger partial charge on any atom is 0.261 e. The van der Waals surface area contributed by atoms with Gasteiger partial charge >= 0.3 is 0 Å². The van der Waals surface area contributed by atoms with Crippen LogP contribution in [0.3, 0.4) is 0 Å². The molecule has 0 saturated heterocycles. The molecule has 1 aliphatic heterocycles. The van der Waals surface area contributed by atoms with E-state index in [-0.39, 0.29) is 17.9 Å². The minimum Gasteiger partial charge on any atom is -0.281 e. The van der Waals surface area contributed by atoms with Crippen molar-refractivity contribution in [2.24, 2.45) is 0 Å². The molecule has 1 unspecified atom stereocenters. The molecule has 0 aliphatic carbocycles. The van der Waals surface area contributed by atoms with E-state index in [1.165, 1.54) is 45.9 Å². The lowest BCUT2D eigenvalue weighted by molar-refractivity contribution is -0.118. The van der Waals surface area contributed by atoms with Crippen LogP contribution in [0.1, 0.15) is 29.2 Å². The summed E-state index contributed by atoms with van der Waals surface area (Å²) >= 11 is 0. The summed E-state index contributed by atoms with van der Waals surface area (Å²) in [6, 6.07) is 22.6. The van der Waals surface area contributed by atoms with Gasteiger partial charge in [0.05, 0.1) is 11.3 Å². The van der Waals surface area contributed by atoms with Gasteiger partial charge in [-0.05, 0) is 67.1 Å². The van der Waals surface area contributed by atoms with Crippen LogP contribution >= 0.6 is 0 Å². The molecular weight excluding hydrogens is 422 g/mol. The summed E-state index contributed by atoms with van der Waals surface area (Å²) in [5.41, 5.74) is 3.17. The Morgan fingerprint density at radius 2 is 1.36 bits per heavy atom. The number of halogens is 2. The van der Waals surface area contributed by atoms with Gasteiger partial charge in [-0.25, -0.2) is 8.78 Å². The fourth-order valence-electron chi connectivity index (χ4n) is 4.50. The molecule has 33 heavy (non-hydrogen) atoms. The third-order valence-electron chi connectivity index (χ3n) is 6.00. The second kappa shape index (κ2) is 8.13. The first-order valence-electron chi connectivity index (χ1n) is 10.6. The van der Waals surface area contributed by atoms with Crippen LogP contribution in [0.15, 0.2) is 89.7 Å². The topological polar surface area (TPSA) is 42.3 Å². The number of aromatic nitrogens is 1. The van der Waals surface area contributed by atoms with Gasteiger partial charge in [0.1, 0.15) is 11.6 Å². The van der Waals surface area contributed by atoms with E-state index in [0.717, 1.165) is 5.56 Å². The third-order valence-corrected chi connectivity index (χ3v) is 6.00. The minimum absolute atomic E-state index is 0.0934. The number of carbonyl (C=O) groups is 1. The number of rotatable bonds is 3. The summed E-state index contributed by atoms with van der Waals surface area (Å²) < 4.78 is 28.6. The lowest BCUT2D eigenvalue weighted by Crippen LogP contribution is -2.39. The smallest absolute Gasteiger partial charge is 0.261 e. The van der Waals surface area contributed by atoms with Crippen LogP contribution in [-0.2, 0) is 4.79 Å². The van der Waals surface area contributed by atoms with Crippen molar-refractivity contribution in [2.75, 3.05) is 4.90 Å². The van der Waals surface area contributed by atoms with Crippen molar-refractivity contribution in [2.45, 2.75) is 19.3 Å². The van der Waals surface area contributed by atoms with Gasteiger partial charge in [0.2, 0.25) is 5.91 Å². The quantitative estimate of drug-likeness (QED) is 0.413. The maximum absolute atomic E-state index is 13.9. The van der Waals surface area contributed by atoms with Crippen molar-refractivity contribution in [3.8, 4) is 5.69 Å². The number of hydrogen-bond acceptors (Lipinski definition) is 2. The number of nitrogens with zero attached hydrogens (tertiary/aromatic N) is 2. The molecule has 0 saturated carbocycles. The van der Waals surface area contributed by atoms with Gasteiger partial charge in [0, 0.05) is 29.4 Å². The maximum atomic E-state index is 13.9. The third kappa shape index (κ3) is 3.63. The first-order chi connectivity index (χ1) is 15.9. The van der Waals surface area contributed by atoms with E-state index < -0.39 is 17.6 Å². The average Bonchev–Trinajstić information content (AvgIpc) is 2.81. The Morgan fingerprint density at radius 1 is 0.788 bits per heavy atom. The zero-order valence-electron chi connectivity index (χ0n) is 17.8. The monoisotopic (exact) mass is 442 g/mol. The summed E-state index contributed by atoms with van der Waals surface area (Å²) in [4.78, 5) is 28.7. The van der Waals surface area contributed by atoms with Gasteiger partial charge in [-0.3, -0.25) is 19.1 Å². The van der Waals surface area contributed by atoms with Gasteiger partial charge < -0.3 is 0 Å². The normalized spacial score (nSPS) is 15.4. The fourth-order valence-corrected chi connectivity index (χ4v) is 4.50. The Bertz CT molecular complexity index is 1400. The first kappa shape index (κ1) is 20.8. The van der Waals surface area contributed by atoms with Gasteiger partial charge in [-0.15, -0.1) is 0 Å². The molecule has 6 heteroatoms. The molecule has 0 bridgehead atoms. The molecule has 164 valence electrons. The highest BCUT2D eigenvalue weighted by Crippen LogP contribution is 2.42. The van der Waals surface area contributed by atoms with E-state index in [4.69, 9.17) is 0 Å². The van der Waals surface area contributed by atoms with E-state index in [2.05, 4.69) is 0 Å². The van der Waals surface area contributed by atoms with Crippen LogP contribution in [-0.4, -0.2) is 10.5 Å². The van der Waals surface area contributed by atoms with Gasteiger partial charge in [-0.1, -0.05) is 30.3 Å². The Kier molecular flexibility index (Phi) is 5.13. The molecular formula is C27H20F2N2O2. The zero-order valence-corrected chi connectivity index (χ0v) is 17.8. The van der Waals surface area contributed by atoms with Crippen molar-refractivity contribution in [3.05, 3.63) is 124 Å². The number of amides is 1. The van der Waals surface area contributed by atoms with Gasteiger partial charge in [0.15, 0.2) is 0 Å².